The molecule has 5 heteroatoms. The molecule has 0 atom stereocenters. The van der Waals surface area contributed by atoms with Gasteiger partial charge in [-0.15, -0.1) is 0 Å². The maximum absolute atomic E-state index is 5.84. The van der Waals surface area contributed by atoms with Crippen LogP contribution in [-0.2, 0) is 5.54 Å². The molecule has 5 nitrogen and oxygen atoms in total. The minimum atomic E-state index is -0.589. The lowest BCUT2D eigenvalue weighted by molar-refractivity contribution is 0.503. The highest BCUT2D eigenvalue weighted by Crippen LogP contribution is 2.42. The van der Waals surface area contributed by atoms with Crippen LogP contribution in [0.1, 0.15) is 40.6 Å². The molecule has 6 aromatic rings. The molecule has 6 rings (SSSR count). The SMILES string of the molecule is CCNc1nc2ccc(/C=C/c3ncn(C(c4ccccc4)(c4ccccc4)c4ccccc4)c3C)cc2o1. The fourth-order valence-electron chi connectivity index (χ4n) is 5.33. The molecule has 0 saturated carbocycles. The Morgan fingerprint density at radius 2 is 1.38 bits per heavy atom. The summed E-state index contributed by atoms with van der Waals surface area (Å²) in [7, 11) is 0. The summed E-state index contributed by atoms with van der Waals surface area (Å²) in [6, 6.07) is 38.6. The predicted octanol–water partition coefficient (Wildman–Crippen LogP) is 7.78. The number of oxazole rings is 1. The van der Waals surface area contributed by atoms with Gasteiger partial charge in [0, 0.05) is 12.2 Å². The summed E-state index contributed by atoms with van der Waals surface area (Å²) in [4.78, 5) is 9.37. The first-order valence-corrected chi connectivity index (χ1v) is 13.2. The fourth-order valence-corrected chi connectivity index (χ4v) is 5.33. The van der Waals surface area contributed by atoms with Gasteiger partial charge in [0.25, 0.3) is 6.01 Å². The summed E-state index contributed by atoms with van der Waals surface area (Å²) in [5.41, 5.74) is 7.52. The molecule has 0 spiro atoms. The van der Waals surface area contributed by atoms with Crippen LogP contribution in [-0.4, -0.2) is 21.1 Å². The minimum Gasteiger partial charge on any atom is -0.424 e. The first-order valence-electron chi connectivity index (χ1n) is 13.2. The predicted molar refractivity (Wildman–Crippen MR) is 159 cm³/mol. The largest absolute Gasteiger partial charge is 0.424 e. The van der Waals surface area contributed by atoms with Gasteiger partial charge in [-0.05, 0) is 54.3 Å². The van der Waals surface area contributed by atoms with E-state index in [2.05, 4.69) is 125 Å². The van der Waals surface area contributed by atoms with Gasteiger partial charge in [-0.2, -0.15) is 4.98 Å². The van der Waals surface area contributed by atoms with E-state index < -0.39 is 5.54 Å². The number of hydrogen-bond acceptors (Lipinski definition) is 4. The van der Waals surface area contributed by atoms with Gasteiger partial charge in [0.2, 0.25) is 0 Å². The zero-order chi connectivity index (χ0) is 26.7. The molecule has 1 N–H and O–H groups in total. The molecule has 0 fully saturated rings. The summed E-state index contributed by atoms with van der Waals surface area (Å²) in [6.07, 6.45) is 6.11. The van der Waals surface area contributed by atoms with Crippen molar-refractivity contribution in [2.24, 2.45) is 0 Å². The third kappa shape index (κ3) is 4.42. The molecule has 0 radical (unpaired) electrons. The average Bonchev–Trinajstić information content (AvgIpc) is 3.57. The Balaban J connectivity index is 1.47. The molecule has 0 saturated heterocycles. The van der Waals surface area contributed by atoms with Crippen LogP contribution < -0.4 is 5.32 Å². The number of nitrogens with zero attached hydrogens (tertiary/aromatic N) is 3. The molecule has 0 aliphatic heterocycles. The number of fused-ring (bicyclic) bond motifs is 1. The first-order chi connectivity index (χ1) is 19.2. The van der Waals surface area contributed by atoms with Crippen LogP contribution in [0.2, 0.25) is 0 Å². The van der Waals surface area contributed by atoms with Crippen LogP contribution in [0.3, 0.4) is 0 Å². The number of rotatable bonds is 8. The number of imidazole rings is 1. The molecule has 2 aromatic heterocycles. The summed E-state index contributed by atoms with van der Waals surface area (Å²) >= 11 is 0. The topological polar surface area (TPSA) is 55.9 Å². The molecule has 0 aliphatic carbocycles. The van der Waals surface area contributed by atoms with Crippen molar-refractivity contribution in [1.82, 2.24) is 14.5 Å². The monoisotopic (exact) mass is 510 g/mol. The van der Waals surface area contributed by atoms with Crippen LogP contribution in [0.15, 0.2) is 120 Å². The van der Waals surface area contributed by atoms with E-state index >= 15 is 0 Å². The van der Waals surface area contributed by atoms with Gasteiger partial charge in [-0.3, -0.25) is 0 Å². The molecular formula is C34H30N4O. The Bertz CT molecular complexity index is 1620. The van der Waals surface area contributed by atoms with Crippen molar-refractivity contribution < 1.29 is 4.42 Å². The van der Waals surface area contributed by atoms with E-state index in [1.54, 1.807) is 0 Å². The van der Waals surface area contributed by atoms with Gasteiger partial charge in [-0.25, -0.2) is 4.98 Å². The van der Waals surface area contributed by atoms with Gasteiger partial charge in [0.15, 0.2) is 5.58 Å². The van der Waals surface area contributed by atoms with E-state index in [9.17, 15) is 0 Å². The average molecular weight is 511 g/mol. The van der Waals surface area contributed by atoms with E-state index in [1.165, 1.54) is 16.7 Å². The highest BCUT2D eigenvalue weighted by molar-refractivity contribution is 5.80. The van der Waals surface area contributed by atoms with E-state index in [0.717, 1.165) is 34.6 Å². The number of hydrogen-bond donors (Lipinski definition) is 1. The highest BCUT2D eigenvalue weighted by atomic mass is 16.4. The molecule has 0 unspecified atom stereocenters. The lowest BCUT2D eigenvalue weighted by atomic mass is 9.76. The van der Waals surface area contributed by atoms with E-state index in [4.69, 9.17) is 9.40 Å². The van der Waals surface area contributed by atoms with E-state index in [-0.39, 0.29) is 0 Å². The zero-order valence-corrected chi connectivity index (χ0v) is 22.1. The third-order valence-electron chi connectivity index (χ3n) is 7.15. The van der Waals surface area contributed by atoms with Gasteiger partial charge < -0.3 is 14.3 Å². The van der Waals surface area contributed by atoms with Crippen LogP contribution in [0, 0.1) is 6.92 Å². The second-order valence-corrected chi connectivity index (χ2v) is 9.50. The smallest absolute Gasteiger partial charge is 0.295 e. The van der Waals surface area contributed by atoms with Gasteiger partial charge in [-0.1, -0.05) is 103 Å². The number of nitrogens with one attached hydrogen (secondary N) is 1. The van der Waals surface area contributed by atoms with Gasteiger partial charge in [0.05, 0.1) is 12.0 Å². The third-order valence-corrected chi connectivity index (χ3v) is 7.15. The molecule has 39 heavy (non-hydrogen) atoms. The molecular weight excluding hydrogens is 480 g/mol. The Labute approximate surface area is 228 Å². The zero-order valence-electron chi connectivity index (χ0n) is 22.1. The van der Waals surface area contributed by atoms with E-state index in [0.29, 0.717) is 6.01 Å². The minimum absolute atomic E-state index is 0.544. The van der Waals surface area contributed by atoms with Crippen molar-refractivity contribution >= 4 is 29.3 Å². The molecule has 0 aliphatic rings. The molecule has 192 valence electrons. The number of aromatic nitrogens is 3. The van der Waals surface area contributed by atoms with Gasteiger partial charge in [0.1, 0.15) is 11.1 Å². The summed E-state index contributed by atoms with van der Waals surface area (Å²) in [6.45, 7) is 4.92. The van der Waals surface area contributed by atoms with Crippen LogP contribution in [0.4, 0.5) is 6.01 Å². The summed E-state index contributed by atoms with van der Waals surface area (Å²) < 4.78 is 8.15. The molecule has 0 amide bonds. The lowest BCUT2D eigenvalue weighted by Crippen LogP contribution is -2.38. The number of benzene rings is 4. The highest BCUT2D eigenvalue weighted by Gasteiger charge is 2.39. The Hall–Kier alpha value is -4.90. The van der Waals surface area contributed by atoms with Crippen LogP contribution in [0.5, 0.6) is 0 Å². The normalized spacial score (nSPS) is 11.8. The first kappa shape index (κ1) is 24.4. The summed E-state index contributed by atoms with van der Waals surface area (Å²) in [5.74, 6) is 0. The maximum Gasteiger partial charge on any atom is 0.295 e. The Morgan fingerprint density at radius 3 is 1.95 bits per heavy atom. The van der Waals surface area contributed by atoms with Crippen molar-refractivity contribution in [3.8, 4) is 0 Å². The standard InChI is InChI=1S/C34H30N4O/c1-3-35-33-37-31-22-20-26(23-32(31)39-33)19-21-30-25(2)38(24-36-30)34(27-13-7-4-8-14-27,28-15-9-5-10-16-28)29-17-11-6-12-18-29/h4-24H,3H2,1-2H3,(H,35,37)/b21-19+. The van der Waals surface area contributed by atoms with Crippen molar-refractivity contribution in [1.29, 1.82) is 0 Å². The maximum atomic E-state index is 5.84. The molecule has 0 bridgehead atoms. The van der Waals surface area contributed by atoms with E-state index in [1.807, 2.05) is 31.5 Å². The van der Waals surface area contributed by atoms with Crippen LogP contribution >= 0.6 is 0 Å². The van der Waals surface area contributed by atoms with Crippen molar-refractivity contribution in [2.45, 2.75) is 19.4 Å². The lowest BCUT2D eigenvalue weighted by Gasteiger charge is -2.38. The van der Waals surface area contributed by atoms with Crippen molar-refractivity contribution in [3.63, 3.8) is 0 Å². The quantitative estimate of drug-likeness (QED) is 0.213. The van der Waals surface area contributed by atoms with Gasteiger partial charge >= 0.3 is 0 Å². The number of anilines is 1. The fraction of sp³-hybridized carbons (Fsp3) is 0.118. The Morgan fingerprint density at radius 1 is 0.795 bits per heavy atom. The second kappa shape index (κ2) is 10.5. The second-order valence-electron chi connectivity index (χ2n) is 9.50. The summed E-state index contributed by atoms with van der Waals surface area (Å²) in [5, 5.41) is 3.13. The molecule has 4 aromatic carbocycles. The van der Waals surface area contributed by atoms with Crippen molar-refractivity contribution in [2.75, 3.05) is 11.9 Å². The van der Waals surface area contributed by atoms with Crippen molar-refractivity contribution in [3.05, 3.63) is 149 Å². The Kier molecular flexibility index (Phi) is 6.55. The molecule has 2 heterocycles. The van der Waals surface area contributed by atoms with Crippen LogP contribution in [0.25, 0.3) is 23.3 Å².